The van der Waals surface area contributed by atoms with Crippen LogP contribution in [0.15, 0.2) is 0 Å². The van der Waals surface area contributed by atoms with E-state index in [4.69, 9.17) is 15.3 Å². The van der Waals surface area contributed by atoms with Crippen LogP contribution in [0.25, 0.3) is 0 Å². The van der Waals surface area contributed by atoms with Gasteiger partial charge in [0.1, 0.15) is 12.7 Å². The summed E-state index contributed by atoms with van der Waals surface area (Å²) in [6.07, 6.45) is -3.68. The molecule has 14 heavy (non-hydrogen) atoms. The van der Waals surface area contributed by atoms with Crippen molar-refractivity contribution in [3.63, 3.8) is 0 Å². The second-order valence-electron chi connectivity index (χ2n) is 2.09. The van der Waals surface area contributed by atoms with Gasteiger partial charge in [0.2, 0.25) is 0 Å². The van der Waals surface area contributed by atoms with Crippen molar-refractivity contribution < 1.29 is 34.4 Å². The Kier molecular flexibility index (Phi) is 10.3. The Morgan fingerprint density at radius 3 is 2.00 bits per heavy atom. The largest absolute Gasteiger partial charge is 0.506 e. The van der Waals surface area contributed by atoms with Gasteiger partial charge < -0.3 is 24.8 Å². The molecule has 0 heterocycles. The maximum Gasteiger partial charge on any atom is 0.506 e. The average Bonchev–Trinajstić information content (AvgIpc) is 2.01. The van der Waals surface area contributed by atoms with Gasteiger partial charge in [0.05, 0.1) is 0 Å². The summed E-state index contributed by atoms with van der Waals surface area (Å²) in [5.74, 6) is 0. The lowest BCUT2D eigenvalue weighted by molar-refractivity contribution is 0.0122. The quantitative estimate of drug-likeness (QED) is 0.589. The van der Waals surface area contributed by atoms with Gasteiger partial charge in [0.25, 0.3) is 0 Å². The molecule has 0 aliphatic rings. The van der Waals surface area contributed by atoms with Crippen LogP contribution in [0.5, 0.6) is 0 Å². The zero-order valence-electron chi connectivity index (χ0n) is 7.97. The van der Waals surface area contributed by atoms with Crippen LogP contribution in [0.3, 0.4) is 0 Å². The summed E-state index contributed by atoms with van der Waals surface area (Å²) in [5.41, 5.74) is 0. The van der Waals surface area contributed by atoms with Crippen LogP contribution in [0, 0.1) is 0 Å². The normalized spacial score (nSPS) is 10.5. The van der Waals surface area contributed by atoms with E-state index >= 15 is 0 Å². The Labute approximate surface area is 80.9 Å². The number of aliphatic hydroxyl groups excluding tert-OH is 1. The molecule has 3 N–H and O–H groups in total. The lowest BCUT2D eigenvalue weighted by atomic mass is 10.4. The van der Waals surface area contributed by atoms with Crippen LogP contribution >= 0.6 is 0 Å². The summed E-state index contributed by atoms with van der Waals surface area (Å²) in [6.45, 7) is 3.03. The molecule has 7 heteroatoms. The number of hydrogen-bond acceptors (Lipinski definition) is 5. The van der Waals surface area contributed by atoms with Gasteiger partial charge in [-0.15, -0.1) is 0 Å². The molecule has 0 amide bonds. The Balaban J connectivity index is 0. The minimum absolute atomic E-state index is 0.250. The van der Waals surface area contributed by atoms with Gasteiger partial charge in [-0.3, -0.25) is 0 Å². The van der Waals surface area contributed by atoms with Gasteiger partial charge in [-0.1, -0.05) is 0 Å². The summed E-state index contributed by atoms with van der Waals surface area (Å²) in [4.78, 5) is 19.6. The third kappa shape index (κ3) is 16.8. The molecule has 0 aromatic carbocycles. The van der Waals surface area contributed by atoms with E-state index < -0.39 is 18.4 Å². The Bertz CT molecular complexity index is 167. The molecule has 0 bridgehead atoms. The fourth-order valence-electron chi connectivity index (χ4n) is 0.395. The number of aliphatic hydroxyl groups is 1. The van der Waals surface area contributed by atoms with Crippen molar-refractivity contribution >= 4 is 12.3 Å². The van der Waals surface area contributed by atoms with Gasteiger partial charge in [-0.2, -0.15) is 0 Å². The molecule has 0 rings (SSSR count). The Hall–Kier alpha value is -1.50. The smallest absolute Gasteiger partial charge is 0.450 e. The molecular formula is C7H14O7. The molecule has 1 unspecified atom stereocenters. The van der Waals surface area contributed by atoms with E-state index in [-0.39, 0.29) is 13.2 Å². The minimum Gasteiger partial charge on any atom is -0.450 e. The first-order chi connectivity index (χ1) is 6.43. The van der Waals surface area contributed by atoms with Gasteiger partial charge in [-0.25, -0.2) is 9.59 Å². The highest BCUT2D eigenvalue weighted by Crippen LogP contribution is 1.92. The SMILES string of the molecule is CC(COC(=O)O)OC(=O)O.CCO. The van der Waals surface area contributed by atoms with Crippen molar-refractivity contribution in [3.05, 3.63) is 0 Å². The third-order valence-electron chi connectivity index (χ3n) is 0.744. The highest BCUT2D eigenvalue weighted by Gasteiger charge is 2.09. The summed E-state index contributed by atoms with van der Waals surface area (Å²) >= 11 is 0. The first kappa shape index (κ1) is 15.0. The maximum atomic E-state index is 9.83. The number of carbonyl (C=O) groups is 2. The van der Waals surface area contributed by atoms with Crippen LogP contribution in [0.2, 0.25) is 0 Å². The predicted molar refractivity (Wildman–Crippen MR) is 45.3 cm³/mol. The second kappa shape index (κ2) is 9.59. The van der Waals surface area contributed by atoms with Crippen molar-refractivity contribution in [2.45, 2.75) is 20.0 Å². The van der Waals surface area contributed by atoms with Crippen molar-refractivity contribution in [1.29, 1.82) is 0 Å². The molecule has 0 aliphatic heterocycles. The van der Waals surface area contributed by atoms with Gasteiger partial charge in [0.15, 0.2) is 0 Å². The van der Waals surface area contributed by atoms with Crippen LogP contribution in [-0.4, -0.2) is 46.9 Å². The Morgan fingerprint density at radius 1 is 1.29 bits per heavy atom. The van der Waals surface area contributed by atoms with E-state index in [1.54, 1.807) is 6.92 Å². The summed E-state index contributed by atoms with van der Waals surface area (Å²) < 4.78 is 8.16. The Morgan fingerprint density at radius 2 is 1.71 bits per heavy atom. The first-order valence-electron chi connectivity index (χ1n) is 3.80. The summed E-state index contributed by atoms with van der Waals surface area (Å²) in [5, 5.41) is 23.6. The van der Waals surface area contributed by atoms with E-state index in [1.165, 1.54) is 6.92 Å². The molecule has 0 radical (unpaired) electrons. The molecule has 1 atom stereocenters. The third-order valence-corrected chi connectivity index (χ3v) is 0.744. The summed E-state index contributed by atoms with van der Waals surface area (Å²) in [6, 6.07) is 0. The van der Waals surface area contributed by atoms with E-state index in [9.17, 15) is 9.59 Å². The van der Waals surface area contributed by atoms with Gasteiger partial charge in [-0.05, 0) is 13.8 Å². The van der Waals surface area contributed by atoms with Crippen LogP contribution in [-0.2, 0) is 9.47 Å². The highest BCUT2D eigenvalue weighted by molar-refractivity contribution is 5.58. The molecular weight excluding hydrogens is 196 g/mol. The number of ether oxygens (including phenoxy) is 2. The van der Waals surface area contributed by atoms with E-state index in [0.29, 0.717) is 0 Å². The molecule has 0 saturated carbocycles. The minimum atomic E-state index is -1.45. The fraction of sp³-hybridized carbons (Fsp3) is 0.714. The molecule has 0 spiro atoms. The lowest BCUT2D eigenvalue weighted by Gasteiger charge is -2.08. The molecule has 7 nitrogen and oxygen atoms in total. The molecule has 0 aromatic heterocycles. The number of rotatable bonds is 3. The van der Waals surface area contributed by atoms with Crippen molar-refractivity contribution in [1.82, 2.24) is 0 Å². The van der Waals surface area contributed by atoms with E-state index in [2.05, 4.69) is 9.47 Å². The van der Waals surface area contributed by atoms with E-state index in [1.807, 2.05) is 0 Å². The number of hydrogen-bond donors (Lipinski definition) is 3. The zero-order chi connectivity index (χ0) is 11.6. The fourth-order valence-corrected chi connectivity index (χ4v) is 0.395. The van der Waals surface area contributed by atoms with Crippen molar-refractivity contribution in [2.75, 3.05) is 13.2 Å². The van der Waals surface area contributed by atoms with Crippen LogP contribution in [0.4, 0.5) is 9.59 Å². The molecule has 0 fully saturated rings. The predicted octanol–water partition coefficient (Wildman–Crippen LogP) is 0.763. The van der Waals surface area contributed by atoms with Crippen LogP contribution < -0.4 is 0 Å². The second-order valence-corrected chi connectivity index (χ2v) is 2.09. The number of carboxylic acid groups (broad SMARTS) is 2. The van der Waals surface area contributed by atoms with Crippen LogP contribution in [0.1, 0.15) is 13.8 Å². The van der Waals surface area contributed by atoms with Gasteiger partial charge in [0, 0.05) is 6.61 Å². The monoisotopic (exact) mass is 210 g/mol. The first-order valence-corrected chi connectivity index (χ1v) is 3.80. The standard InChI is InChI=1S/C5H8O6.C2H6O/c1-3(11-5(8)9)2-10-4(6)7;1-2-3/h3H,2H2,1H3,(H,6,7)(H,8,9);3H,2H2,1H3. The topological polar surface area (TPSA) is 113 Å². The average molecular weight is 210 g/mol. The van der Waals surface area contributed by atoms with Crippen molar-refractivity contribution in [3.8, 4) is 0 Å². The molecule has 0 saturated heterocycles. The molecule has 84 valence electrons. The highest BCUT2D eigenvalue weighted by atomic mass is 16.7. The van der Waals surface area contributed by atoms with Gasteiger partial charge >= 0.3 is 12.3 Å². The molecule has 0 aliphatic carbocycles. The zero-order valence-corrected chi connectivity index (χ0v) is 7.97. The van der Waals surface area contributed by atoms with Crippen molar-refractivity contribution in [2.24, 2.45) is 0 Å². The maximum absolute atomic E-state index is 9.83. The molecule has 0 aromatic rings. The summed E-state index contributed by atoms with van der Waals surface area (Å²) in [7, 11) is 0. The van der Waals surface area contributed by atoms with E-state index in [0.717, 1.165) is 0 Å². The lowest BCUT2D eigenvalue weighted by Crippen LogP contribution is -2.20.